The number of aromatic amines is 1. The van der Waals surface area contributed by atoms with E-state index in [2.05, 4.69) is 30.1 Å². The first kappa shape index (κ1) is 9.54. The first-order valence-electron chi connectivity index (χ1n) is 4.87. The standard InChI is InChI=1S/C13H12N2/c1-9-3-5-11(6-4-9)12-7-10(2)15-13(12)8-14/h3-7,15H,1-2H3. The van der Waals surface area contributed by atoms with Crippen LogP contribution in [-0.4, -0.2) is 4.98 Å². The number of rotatable bonds is 1. The molecule has 1 aromatic carbocycles. The largest absolute Gasteiger partial charge is 0.350 e. The number of nitriles is 1. The molecule has 0 aliphatic rings. The van der Waals surface area contributed by atoms with Gasteiger partial charge in [-0.1, -0.05) is 29.8 Å². The molecular weight excluding hydrogens is 184 g/mol. The van der Waals surface area contributed by atoms with Crippen molar-refractivity contribution >= 4 is 0 Å². The molecule has 0 saturated heterocycles. The third-order valence-electron chi connectivity index (χ3n) is 2.43. The fourth-order valence-corrected chi connectivity index (χ4v) is 1.64. The number of aromatic nitrogens is 1. The second-order valence-corrected chi connectivity index (χ2v) is 3.72. The van der Waals surface area contributed by atoms with Crippen molar-refractivity contribution in [3.05, 3.63) is 47.3 Å². The minimum absolute atomic E-state index is 0.636. The summed E-state index contributed by atoms with van der Waals surface area (Å²) >= 11 is 0. The van der Waals surface area contributed by atoms with Crippen molar-refractivity contribution in [2.45, 2.75) is 13.8 Å². The second-order valence-electron chi connectivity index (χ2n) is 3.72. The first-order valence-corrected chi connectivity index (χ1v) is 4.87. The lowest BCUT2D eigenvalue weighted by Gasteiger charge is -1.99. The molecule has 0 aliphatic heterocycles. The molecule has 0 radical (unpaired) electrons. The summed E-state index contributed by atoms with van der Waals surface area (Å²) in [6.07, 6.45) is 0. The van der Waals surface area contributed by atoms with Crippen LogP contribution >= 0.6 is 0 Å². The predicted octanol–water partition coefficient (Wildman–Crippen LogP) is 3.17. The van der Waals surface area contributed by atoms with Crippen molar-refractivity contribution in [3.63, 3.8) is 0 Å². The van der Waals surface area contributed by atoms with Crippen LogP contribution in [0.15, 0.2) is 30.3 Å². The quantitative estimate of drug-likeness (QED) is 0.747. The van der Waals surface area contributed by atoms with E-state index in [-0.39, 0.29) is 0 Å². The van der Waals surface area contributed by atoms with Crippen molar-refractivity contribution in [2.75, 3.05) is 0 Å². The Balaban J connectivity index is 2.54. The van der Waals surface area contributed by atoms with Gasteiger partial charge in [-0.15, -0.1) is 0 Å². The zero-order chi connectivity index (χ0) is 10.8. The lowest BCUT2D eigenvalue weighted by Crippen LogP contribution is -1.80. The Labute approximate surface area is 89.2 Å². The van der Waals surface area contributed by atoms with Crippen molar-refractivity contribution < 1.29 is 0 Å². The van der Waals surface area contributed by atoms with Crippen molar-refractivity contribution in [3.8, 4) is 17.2 Å². The summed E-state index contributed by atoms with van der Waals surface area (Å²) in [7, 11) is 0. The number of benzene rings is 1. The van der Waals surface area contributed by atoms with Gasteiger partial charge < -0.3 is 4.98 Å². The molecule has 0 spiro atoms. The lowest BCUT2D eigenvalue weighted by atomic mass is 10.0. The Morgan fingerprint density at radius 3 is 2.40 bits per heavy atom. The highest BCUT2D eigenvalue weighted by atomic mass is 14.7. The zero-order valence-corrected chi connectivity index (χ0v) is 8.83. The molecular formula is C13H12N2. The van der Waals surface area contributed by atoms with Gasteiger partial charge in [0.1, 0.15) is 11.8 Å². The van der Waals surface area contributed by atoms with Crippen LogP contribution in [0.2, 0.25) is 0 Å². The van der Waals surface area contributed by atoms with Gasteiger partial charge in [0.25, 0.3) is 0 Å². The van der Waals surface area contributed by atoms with Gasteiger partial charge >= 0.3 is 0 Å². The summed E-state index contributed by atoms with van der Waals surface area (Å²) in [5.41, 5.74) is 4.94. The number of hydrogen-bond donors (Lipinski definition) is 1. The van der Waals surface area contributed by atoms with Crippen LogP contribution in [0, 0.1) is 25.2 Å². The summed E-state index contributed by atoms with van der Waals surface area (Å²) in [6.45, 7) is 4.01. The molecule has 2 heteroatoms. The molecule has 0 aliphatic carbocycles. The van der Waals surface area contributed by atoms with Crippen molar-refractivity contribution in [1.82, 2.24) is 4.98 Å². The topological polar surface area (TPSA) is 39.6 Å². The van der Waals surface area contributed by atoms with E-state index in [1.165, 1.54) is 5.56 Å². The molecule has 1 N–H and O–H groups in total. The molecule has 0 unspecified atom stereocenters. The third-order valence-corrected chi connectivity index (χ3v) is 2.43. The Bertz CT molecular complexity index is 512. The van der Waals surface area contributed by atoms with Crippen LogP contribution < -0.4 is 0 Å². The second kappa shape index (κ2) is 3.62. The molecule has 0 bridgehead atoms. The maximum atomic E-state index is 8.97. The van der Waals surface area contributed by atoms with Crippen LogP contribution in [-0.2, 0) is 0 Å². The highest BCUT2D eigenvalue weighted by molar-refractivity contribution is 5.70. The molecule has 0 amide bonds. The molecule has 0 saturated carbocycles. The zero-order valence-electron chi connectivity index (χ0n) is 8.83. The fourth-order valence-electron chi connectivity index (χ4n) is 1.64. The number of hydrogen-bond acceptors (Lipinski definition) is 1. The van der Waals surface area contributed by atoms with Gasteiger partial charge in [0.15, 0.2) is 0 Å². The van der Waals surface area contributed by atoms with E-state index in [9.17, 15) is 0 Å². The van der Waals surface area contributed by atoms with Crippen molar-refractivity contribution in [2.24, 2.45) is 0 Å². The van der Waals surface area contributed by atoms with Gasteiger partial charge in [-0.05, 0) is 25.5 Å². The van der Waals surface area contributed by atoms with Gasteiger partial charge in [0.2, 0.25) is 0 Å². The Hall–Kier alpha value is -2.01. The molecule has 2 nitrogen and oxygen atoms in total. The Kier molecular flexibility index (Phi) is 2.31. The summed E-state index contributed by atoms with van der Waals surface area (Å²) < 4.78 is 0. The molecule has 15 heavy (non-hydrogen) atoms. The van der Waals surface area contributed by atoms with E-state index in [0.29, 0.717) is 5.69 Å². The average Bonchev–Trinajstić information content (AvgIpc) is 2.61. The molecule has 0 atom stereocenters. The maximum Gasteiger partial charge on any atom is 0.125 e. The summed E-state index contributed by atoms with van der Waals surface area (Å²) in [6, 6.07) is 12.4. The Morgan fingerprint density at radius 1 is 1.13 bits per heavy atom. The van der Waals surface area contributed by atoms with E-state index in [4.69, 9.17) is 5.26 Å². The monoisotopic (exact) mass is 196 g/mol. The van der Waals surface area contributed by atoms with Gasteiger partial charge in [-0.3, -0.25) is 0 Å². The van der Waals surface area contributed by atoms with Crippen LogP contribution in [0.5, 0.6) is 0 Å². The molecule has 74 valence electrons. The smallest absolute Gasteiger partial charge is 0.125 e. The normalized spacial score (nSPS) is 9.93. The molecule has 2 aromatic rings. The summed E-state index contributed by atoms with van der Waals surface area (Å²) in [5.74, 6) is 0. The van der Waals surface area contributed by atoms with E-state index in [1.54, 1.807) is 0 Å². The SMILES string of the molecule is Cc1ccc(-c2cc(C)[nH]c2C#N)cc1. The van der Waals surface area contributed by atoms with Crippen molar-refractivity contribution in [1.29, 1.82) is 5.26 Å². The number of nitrogens with one attached hydrogen (secondary N) is 1. The van der Waals surface area contributed by atoms with Crippen LogP contribution in [0.25, 0.3) is 11.1 Å². The number of nitrogens with zero attached hydrogens (tertiary/aromatic N) is 1. The van der Waals surface area contributed by atoms with Crippen LogP contribution in [0.1, 0.15) is 17.0 Å². The highest BCUT2D eigenvalue weighted by Crippen LogP contribution is 2.24. The lowest BCUT2D eigenvalue weighted by molar-refractivity contribution is 1.23. The fraction of sp³-hybridized carbons (Fsp3) is 0.154. The van der Waals surface area contributed by atoms with E-state index < -0.39 is 0 Å². The highest BCUT2D eigenvalue weighted by Gasteiger charge is 2.07. The summed E-state index contributed by atoms with van der Waals surface area (Å²) in [4.78, 5) is 3.05. The van der Waals surface area contributed by atoms with Gasteiger partial charge in [-0.2, -0.15) is 5.26 Å². The molecule has 2 rings (SSSR count). The van der Waals surface area contributed by atoms with Gasteiger partial charge in [0.05, 0.1) is 0 Å². The van der Waals surface area contributed by atoms with E-state index in [0.717, 1.165) is 16.8 Å². The Morgan fingerprint density at radius 2 is 1.80 bits per heavy atom. The number of aryl methyl sites for hydroxylation is 2. The first-order chi connectivity index (χ1) is 7.20. The maximum absolute atomic E-state index is 8.97. The van der Waals surface area contributed by atoms with Crippen LogP contribution in [0.3, 0.4) is 0 Å². The van der Waals surface area contributed by atoms with E-state index in [1.807, 2.05) is 25.1 Å². The minimum atomic E-state index is 0.636. The van der Waals surface area contributed by atoms with Crippen LogP contribution in [0.4, 0.5) is 0 Å². The summed E-state index contributed by atoms with van der Waals surface area (Å²) in [5, 5.41) is 8.97. The van der Waals surface area contributed by atoms with Gasteiger partial charge in [0, 0.05) is 11.3 Å². The number of H-pyrrole nitrogens is 1. The van der Waals surface area contributed by atoms with E-state index >= 15 is 0 Å². The molecule has 1 heterocycles. The third kappa shape index (κ3) is 1.77. The predicted molar refractivity (Wildman–Crippen MR) is 60.4 cm³/mol. The minimum Gasteiger partial charge on any atom is -0.350 e. The molecule has 0 fully saturated rings. The molecule has 1 aromatic heterocycles. The average molecular weight is 196 g/mol. The van der Waals surface area contributed by atoms with Gasteiger partial charge in [-0.25, -0.2) is 0 Å².